The number of amides is 1. The van der Waals surface area contributed by atoms with Gasteiger partial charge >= 0.3 is 0 Å². The van der Waals surface area contributed by atoms with Gasteiger partial charge in [0.1, 0.15) is 10.7 Å². The molecule has 0 bridgehead atoms. The van der Waals surface area contributed by atoms with E-state index in [-0.39, 0.29) is 11.8 Å². The number of carbonyl (C=O) groups is 1. The highest BCUT2D eigenvalue weighted by Crippen LogP contribution is 2.18. The lowest BCUT2D eigenvalue weighted by molar-refractivity contribution is 0.0952. The van der Waals surface area contributed by atoms with Gasteiger partial charge in [0.15, 0.2) is 0 Å². The Morgan fingerprint density at radius 3 is 2.93 bits per heavy atom. The lowest BCUT2D eigenvalue weighted by atomic mass is 10.2. The summed E-state index contributed by atoms with van der Waals surface area (Å²) in [5.41, 5.74) is 0.388. The maximum absolute atomic E-state index is 11.5. The molecule has 0 unspecified atom stereocenters. The van der Waals surface area contributed by atoms with Gasteiger partial charge in [-0.05, 0) is 19.1 Å². The molecule has 0 spiro atoms. The van der Waals surface area contributed by atoms with E-state index in [1.807, 2.05) is 6.92 Å². The average molecular weight is 215 g/mol. The van der Waals surface area contributed by atoms with Crippen molar-refractivity contribution in [2.75, 3.05) is 13.7 Å². The average Bonchev–Trinajstić information content (AvgIpc) is 2.17. The SMILES string of the molecule is CCNC(=O)c1ccc(Cl)nc1OC. The van der Waals surface area contributed by atoms with E-state index in [1.165, 1.54) is 7.11 Å². The van der Waals surface area contributed by atoms with Gasteiger partial charge in [0.2, 0.25) is 5.88 Å². The Hall–Kier alpha value is -1.29. The summed E-state index contributed by atoms with van der Waals surface area (Å²) in [7, 11) is 1.45. The number of methoxy groups -OCH3 is 1. The predicted molar refractivity (Wildman–Crippen MR) is 53.8 cm³/mol. The molecule has 0 aliphatic heterocycles. The van der Waals surface area contributed by atoms with Crippen LogP contribution in [0.3, 0.4) is 0 Å². The topological polar surface area (TPSA) is 51.2 Å². The number of halogens is 1. The number of hydrogen-bond acceptors (Lipinski definition) is 3. The summed E-state index contributed by atoms with van der Waals surface area (Å²) in [5, 5.41) is 2.95. The zero-order chi connectivity index (χ0) is 10.6. The van der Waals surface area contributed by atoms with Crippen molar-refractivity contribution in [1.82, 2.24) is 10.3 Å². The third kappa shape index (κ3) is 2.35. The number of pyridine rings is 1. The molecule has 5 heteroatoms. The van der Waals surface area contributed by atoms with Gasteiger partial charge in [0, 0.05) is 6.54 Å². The van der Waals surface area contributed by atoms with E-state index in [2.05, 4.69) is 10.3 Å². The summed E-state index contributed by atoms with van der Waals surface area (Å²) < 4.78 is 4.94. The number of ether oxygens (including phenoxy) is 1. The molecule has 76 valence electrons. The summed E-state index contributed by atoms with van der Waals surface area (Å²) in [6.45, 7) is 2.40. The molecule has 0 aliphatic rings. The van der Waals surface area contributed by atoms with E-state index in [0.29, 0.717) is 17.3 Å². The molecule has 0 saturated heterocycles. The number of rotatable bonds is 3. The van der Waals surface area contributed by atoms with Crippen LogP contribution in [0.5, 0.6) is 5.88 Å². The highest BCUT2D eigenvalue weighted by Gasteiger charge is 2.12. The Morgan fingerprint density at radius 1 is 1.64 bits per heavy atom. The highest BCUT2D eigenvalue weighted by molar-refractivity contribution is 6.29. The second-order valence-corrected chi connectivity index (χ2v) is 2.94. The highest BCUT2D eigenvalue weighted by atomic mass is 35.5. The van der Waals surface area contributed by atoms with Crippen molar-refractivity contribution in [2.45, 2.75) is 6.92 Å². The van der Waals surface area contributed by atoms with Crippen LogP contribution in [0.2, 0.25) is 5.15 Å². The minimum absolute atomic E-state index is 0.214. The fourth-order valence-corrected chi connectivity index (χ4v) is 1.14. The number of hydrogen-bond donors (Lipinski definition) is 1. The molecule has 1 N–H and O–H groups in total. The molecule has 14 heavy (non-hydrogen) atoms. The molecule has 1 amide bonds. The monoisotopic (exact) mass is 214 g/mol. The lowest BCUT2D eigenvalue weighted by Gasteiger charge is -2.06. The first-order valence-corrected chi connectivity index (χ1v) is 4.55. The quantitative estimate of drug-likeness (QED) is 0.776. The minimum atomic E-state index is -0.214. The maximum atomic E-state index is 11.5. The second-order valence-electron chi connectivity index (χ2n) is 2.55. The lowest BCUT2D eigenvalue weighted by Crippen LogP contribution is -2.23. The van der Waals surface area contributed by atoms with Crippen molar-refractivity contribution in [2.24, 2.45) is 0 Å². The van der Waals surface area contributed by atoms with Crippen molar-refractivity contribution >= 4 is 17.5 Å². The van der Waals surface area contributed by atoms with Gasteiger partial charge in [-0.15, -0.1) is 0 Å². The van der Waals surface area contributed by atoms with Crippen LogP contribution in [-0.4, -0.2) is 24.5 Å². The summed E-state index contributed by atoms with van der Waals surface area (Å²) in [5.74, 6) is 0.0250. The molecule has 0 radical (unpaired) electrons. The van der Waals surface area contributed by atoms with Gasteiger partial charge < -0.3 is 10.1 Å². The van der Waals surface area contributed by atoms with Gasteiger partial charge in [-0.3, -0.25) is 4.79 Å². The Labute approximate surface area is 87.2 Å². The molecule has 0 aliphatic carbocycles. The van der Waals surface area contributed by atoms with Crippen LogP contribution < -0.4 is 10.1 Å². The summed E-state index contributed by atoms with van der Waals surface area (Å²) >= 11 is 5.65. The van der Waals surface area contributed by atoms with Crippen LogP contribution >= 0.6 is 11.6 Å². The Balaban J connectivity index is 3.01. The molecule has 1 rings (SSSR count). The minimum Gasteiger partial charge on any atom is -0.480 e. The summed E-state index contributed by atoms with van der Waals surface area (Å²) in [6.07, 6.45) is 0. The first-order chi connectivity index (χ1) is 6.69. The Kier molecular flexibility index (Phi) is 3.71. The van der Waals surface area contributed by atoms with Crippen molar-refractivity contribution in [3.63, 3.8) is 0 Å². The Morgan fingerprint density at radius 2 is 2.36 bits per heavy atom. The molecule has 1 aromatic rings. The molecule has 4 nitrogen and oxygen atoms in total. The van der Waals surface area contributed by atoms with Crippen LogP contribution in [0.1, 0.15) is 17.3 Å². The van der Waals surface area contributed by atoms with Crippen LogP contribution in [0, 0.1) is 0 Å². The predicted octanol–water partition coefficient (Wildman–Crippen LogP) is 1.49. The van der Waals surface area contributed by atoms with Crippen LogP contribution in [-0.2, 0) is 0 Å². The van der Waals surface area contributed by atoms with E-state index >= 15 is 0 Å². The molecule has 1 aromatic heterocycles. The zero-order valence-corrected chi connectivity index (χ0v) is 8.76. The van der Waals surface area contributed by atoms with Gasteiger partial charge in [-0.1, -0.05) is 11.6 Å². The fraction of sp³-hybridized carbons (Fsp3) is 0.333. The van der Waals surface area contributed by atoms with E-state index in [4.69, 9.17) is 16.3 Å². The van der Waals surface area contributed by atoms with Crippen LogP contribution in [0.25, 0.3) is 0 Å². The Bertz CT molecular complexity index is 342. The number of nitrogens with one attached hydrogen (secondary N) is 1. The van der Waals surface area contributed by atoms with Gasteiger partial charge in [0.25, 0.3) is 5.91 Å². The molecule has 0 fully saturated rings. The van der Waals surface area contributed by atoms with Gasteiger partial charge in [-0.2, -0.15) is 0 Å². The molecular formula is C9H11ClN2O2. The summed E-state index contributed by atoms with van der Waals surface area (Å²) in [6, 6.07) is 3.13. The van der Waals surface area contributed by atoms with E-state index in [0.717, 1.165) is 0 Å². The number of carbonyl (C=O) groups excluding carboxylic acids is 1. The smallest absolute Gasteiger partial charge is 0.256 e. The molecular weight excluding hydrogens is 204 g/mol. The van der Waals surface area contributed by atoms with Crippen LogP contribution in [0.15, 0.2) is 12.1 Å². The zero-order valence-electron chi connectivity index (χ0n) is 8.00. The first kappa shape index (κ1) is 10.8. The summed E-state index contributed by atoms with van der Waals surface area (Å²) in [4.78, 5) is 15.3. The number of aromatic nitrogens is 1. The molecule has 0 saturated carbocycles. The number of nitrogens with zero attached hydrogens (tertiary/aromatic N) is 1. The molecule has 0 atom stereocenters. The molecule has 1 heterocycles. The van der Waals surface area contributed by atoms with Crippen molar-refractivity contribution in [3.8, 4) is 5.88 Å². The van der Waals surface area contributed by atoms with Crippen molar-refractivity contribution in [3.05, 3.63) is 22.8 Å². The van der Waals surface area contributed by atoms with Crippen LogP contribution in [0.4, 0.5) is 0 Å². The van der Waals surface area contributed by atoms with E-state index < -0.39 is 0 Å². The maximum Gasteiger partial charge on any atom is 0.256 e. The largest absolute Gasteiger partial charge is 0.480 e. The van der Waals surface area contributed by atoms with E-state index in [1.54, 1.807) is 12.1 Å². The second kappa shape index (κ2) is 4.81. The third-order valence-electron chi connectivity index (χ3n) is 1.60. The van der Waals surface area contributed by atoms with Crippen molar-refractivity contribution in [1.29, 1.82) is 0 Å². The normalized spacial score (nSPS) is 9.64. The molecule has 0 aromatic carbocycles. The van der Waals surface area contributed by atoms with E-state index in [9.17, 15) is 4.79 Å². The van der Waals surface area contributed by atoms with Gasteiger partial charge in [-0.25, -0.2) is 4.98 Å². The third-order valence-corrected chi connectivity index (χ3v) is 1.81. The van der Waals surface area contributed by atoms with Gasteiger partial charge in [0.05, 0.1) is 7.11 Å². The van der Waals surface area contributed by atoms with Crippen molar-refractivity contribution < 1.29 is 9.53 Å². The first-order valence-electron chi connectivity index (χ1n) is 4.17. The standard InChI is InChI=1S/C9H11ClN2O2/c1-3-11-8(13)6-4-5-7(10)12-9(6)14-2/h4-5H,3H2,1-2H3,(H,11,13). The fourth-order valence-electron chi connectivity index (χ4n) is 1.00.